The van der Waals surface area contributed by atoms with Gasteiger partial charge in [-0.25, -0.2) is 24.5 Å². The molecule has 2 heterocycles. The quantitative estimate of drug-likeness (QED) is 0.334. The minimum absolute atomic E-state index is 0.0518. The largest absolute Gasteiger partial charge is 0.460 e. The van der Waals surface area contributed by atoms with Crippen molar-refractivity contribution in [3.63, 3.8) is 0 Å². The Bertz CT molecular complexity index is 1110. The molecule has 2 aromatic rings. The maximum Gasteiger partial charge on any atom is 0.425 e. The van der Waals surface area contributed by atoms with Crippen molar-refractivity contribution in [2.45, 2.75) is 39.8 Å². The van der Waals surface area contributed by atoms with Crippen molar-refractivity contribution in [1.82, 2.24) is 23.8 Å². The first kappa shape index (κ1) is 25.8. The van der Waals surface area contributed by atoms with Gasteiger partial charge in [0.1, 0.15) is 17.0 Å². The fraction of sp³-hybridized carbons (Fsp3) is 0.471. The van der Waals surface area contributed by atoms with Gasteiger partial charge >= 0.3 is 22.4 Å². The second kappa shape index (κ2) is 9.98. The van der Waals surface area contributed by atoms with Crippen molar-refractivity contribution >= 4 is 45.6 Å². The van der Waals surface area contributed by atoms with Crippen LogP contribution < -0.4 is 0 Å². The van der Waals surface area contributed by atoms with Gasteiger partial charge in [0.25, 0.3) is 0 Å². The second-order valence-electron chi connectivity index (χ2n) is 7.23. The maximum atomic E-state index is 12.4. The fourth-order valence-electron chi connectivity index (χ4n) is 2.40. The topological polar surface area (TPSA) is 154 Å². The number of aromatic nitrogens is 4. The van der Waals surface area contributed by atoms with E-state index in [9.17, 15) is 22.6 Å². The van der Waals surface area contributed by atoms with E-state index in [0.29, 0.717) is 0 Å². The summed E-state index contributed by atoms with van der Waals surface area (Å²) in [6.45, 7) is 5.39. The molecule has 0 aromatic carbocycles. The summed E-state index contributed by atoms with van der Waals surface area (Å²) in [5.41, 5.74) is -0.769. The lowest BCUT2D eigenvalue weighted by Crippen LogP contribution is -2.42. The Morgan fingerprint density at radius 3 is 2.47 bits per heavy atom. The molecule has 0 atom stereocenters. The van der Waals surface area contributed by atoms with Crippen LogP contribution in [0.4, 0.5) is 4.79 Å². The number of halogens is 2. The number of esters is 1. The van der Waals surface area contributed by atoms with Crippen LogP contribution in [-0.4, -0.2) is 67.6 Å². The van der Waals surface area contributed by atoms with Gasteiger partial charge in [0.15, 0.2) is 0 Å². The van der Waals surface area contributed by atoms with Gasteiger partial charge in [0.05, 0.1) is 24.4 Å². The smallest absolute Gasteiger partial charge is 0.425 e. The first-order chi connectivity index (χ1) is 14.7. The van der Waals surface area contributed by atoms with Gasteiger partial charge in [-0.2, -0.15) is 12.7 Å². The molecule has 0 saturated heterocycles. The number of imidazole rings is 1. The van der Waals surface area contributed by atoms with Crippen LogP contribution in [0.1, 0.15) is 38.3 Å². The number of rotatable bonds is 7. The van der Waals surface area contributed by atoms with Crippen LogP contribution in [-0.2, 0) is 26.3 Å². The zero-order chi connectivity index (χ0) is 24.3. The summed E-state index contributed by atoms with van der Waals surface area (Å²) in [5.74, 6) is -1.03. The van der Waals surface area contributed by atoms with Crippen molar-refractivity contribution in [3.8, 4) is 11.4 Å². The standard InChI is InChI=1S/C17H21Cl2N5O7S/c1-5-30-14(25)13-21-11(12-10(18)8-20-15(19)22-12)9-23(13)6-7-24(32(27,28)29)16(26)31-17(2,3)4/h8-9H,5-7H2,1-4H3,(H,27,28,29). The second-order valence-corrected chi connectivity index (χ2v) is 9.31. The third kappa shape index (κ3) is 6.76. The lowest BCUT2D eigenvalue weighted by Gasteiger charge is -2.25. The molecular weight excluding hydrogens is 489 g/mol. The maximum absolute atomic E-state index is 12.4. The van der Waals surface area contributed by atoms with Crippen molar-refractivity contribution in [3.05, 3.63) is 28.5 Å². The van der Waals surface area contributed by atoms with E-state index in [0.717, 1.165) is 0 Å². The highest BCUT2D eigenvalue weighted by atomic mass is 35.5. The summed E-state index contributed by atoms with van der Waals surface area (Å²) in [7, 11) is -4.96. The average Bonchev–Trinajstić information content (AvgIpc) is 3.05. The van der Waals surface area contributed by atoms with E-state index in [-0.39, 0.29) is 45.0 Å². The average molecular weight is 510 g/mol. The summed E-state index contributed by atoms with van der Waals surface area (Å²) in [6, 6.07) is 0. The van der Waals surface area contributed by atoms with Crippen LogP contribution >= 0.6 is 23.2 Å². The van der Waals surface area contributed by atoms with Gasteiger partial charge in [0, 0.05) is 12.7 Å². The number of hydrogen-bond acceptors (Lipinski definition) is 9. The SMILES string of the molecule is CCOC(=O)c1nc(-c2nc(Cl)ncc2Cl)cn1CCN(C(=O)OC(C)(C)C)S(=O)(=O)O. The first-order valence-electron chi connectivity index (χ1n) is 9.13. The summed E-state index contributed by atoms with van der Waals surface area (Å²) >= 11 is 11.9. The van der Waals surface area contributed by atoms with Gasteiger partial charge in [-0.1, -0.05) is 11.6 Å². The molecule has 2 rings (SSSR count). The van der Waals surface area contributed by atoms with Gasteiger partial charge in [-0.15, -0.1) is 0 Å². The minimum atomic E-state index is -4.96. The van der Waals surface area contributed by atoms with E-state index < -0.39 is 34.5 Å². The highest BCUT2D eigenvalue weighted by Crippen LogP contribution is 2.26. The van der Waals surface area contributed by atoms with Crippen LogP contribution in [0.3, 0.4) is 0 Å². The molecule has 0 fully saturated rings. The Labute approximate surface area is 194 Å². The molecule has 32 heavy (non-hydrogen) atoms. The van der Waals surface area contributed by atoms with Crippen LogP contribution in [0.25, 0.3) is 11.4 Å². The summed E-state index contributed by atoms with van der Waals surface area (Å²) in [4.78, 5) is 36.5. The van der Waals surface area contributed by atoms with Crippen molar-refractivity contribution < 1.29 is 32.0 Å². The molecule has 0 unspecified atom stereocenters. The van der Waals surface area contributed by atoms with E-state index in [1.807, 2.05) is 0 Å². The van der Waals surface area contributed by atoms with Gasteiger partial charge in [-0.05, 0) is 39.3 Å². The third-order valence-electron chi connectivity index (χ3n) is 3.61. The Morgan fingerprint density at radius 1 is 1.25 bits per heavy atom. The molecule has 1 amide bonds. The number of carbonyl (C=O) groups is 2. The number of hydrogen-bond donors (Lipinski definition) is 1. The number of carbonyl (C=O) groups excluding carboxylic acids is 2. The monoisotopic (exact) mass is 509 g/mol. The molecule has 0 saturated carbocycles. The molecule has 0 spiro atoms. The molecule has 15 heteroatoms. The molecule has 12 nitrogen and oxygen atoms in total. The first-order valence-corrected chi connectivity index (χ1v) is 11.3. The van der Waals surface area contributed by atoms with E-state index in [4.69, 9.17) is 32.7 Å². The van der Waals surface area contributed by atoms with Gasteiger partial charge in [0.2, 0.25) is 11.1 Å². The zero-order valence-corrected chi connectivity index (χ0v) is 19.9. The molecule has 176 valence electrons. The number of ether oxygens (including phenoxy) is 2. The van der Waals surface area contributed by atoms with Gasteiger partial charge < -0.3 is 14.0 Å². The highest BCUT2D eigenvalue weighted by Gasteiger charge is 2.31. The Hall–Kier alpha value is -2.48. The normalized spacial score (nSPS) is 11.8. The molecule has 0 bridgehead atoms. The minimum Gasteiger partial charge on any atom is -0.460 e. The predicted octanol–water partition coefficient (Wildman–Crippen LogP) is 2.86. The van der Waals surface area contributed by atoms with E-state index in [2.05, 4.69) is 15.0 Å². The summed E-state index contributed by atoms with van der Waals surface area (Å²) < 4.78 is 44.3. The molecule has 0 aliphatic carbocycles. The number of nitrogens with zero attached hydrogens (tertiary/aromatic N) is 5. The fourth-order valence-corrected chi connectivity index (χ4v) is 3.26. The van der Waals surface area contributed by atoms with Crippen molar-refractivity contribution in [1.29, 1.82) is 0 Å². The number of amides is 1. The molecule has 1 N–H and O–H groups in total. The van der Waals surface area contributed by atoms with E-state index >= 15 is 0 Å². The Balaban J connectivity index is 2.42. The Kier molecular flexibility index (Phi) is 8.04. The molecule has 0 aliphatic rings. The van der Waals surface area contributed by atoms with Gasteiger partial charge in [-0.3, -0.25) is 4.55 Å². The van der Waals surface area contributed by atoms with Crippen molar-refractivity contribution in [2.24, 2.45) is 0 Å². The predicted molar refractivity (Wildman–Crippen MR) is 114 cm³/mol. The van der Waals surface area contributed by atoms with Crippen LogP contribution in [0, 0.1) is 0 Å². The van der Waals surface area contributed by atoms with Crippen LogP contribution in [0.2, 0.25) is 10.3 Å². The highest BCUT2D eigenvalue weighted by molar-refractivity contribution is 7.83. The zero-order valence-electron chi connectivity index (χ0n) is 17.6. The third-order valence-corrected chi connectivity index (χ3v) is 4.96. The Morgan fingerprint density at radius 2 is 1.91 bits per heavy atom. The lowest BCUT2D eigenvalue weighted by atomic mass is 10.2. The molecular formula is C17H21Cl2N5O7S. The molecule has 0 aliphatic heterocycles. The van der Waals surface area contributed by atoms with Crippen molar-refractivity contribution in [2.75, 3.05) is 13.2 Å². The lowest BCUT2D eigenvalue weighted by molar-refractivity contribution is 0.0375. The van der Waals surface area contributed by atoms with Crippen LogP contribution in [0.5, 0.6) is 0 Å². The van der Waals surface area contributed by atoms with E-state index in [1.165, 1.54) is 37.7 Å². The summed E-state index contributed by atoms with van der Waals surface area (Å²) in [5, 5.41) is -0.0121. The molecule has 0 radical (unpaired) electrons. The summed E-state index contributed by atoms with van der Waals surface area (Å²) in [6.07, 6.45) is 1.30. The van der Waals surface area contributed by atoms with Crippen LogP contribution in [0.15, 0.2) is 12.4 Å². The molecule has 2 aromatic heterocycles. The van der Waals surface area contributed by atoms with E-state index in [1.54, 1.807) is 6.92 Å².